The molecule has 1 unspecified atom stereocenters. The molecule has 1 fully saturated rings. The second-order valence-corrected chi connectivity index (χ2v) is 6.83. The van der Waals surface area contributed by atoms with Crippen molar-refractivity contribution in [3.05, 3.63) is 23.8 Å². The van der Waals surface area contributed by atoms with Crippen molar-refractivity contribution in [2.45, 2.75) is 56.8 Å². The molecule has 1 aromatic rings. The second-order valence-electron chi connectivity index (χ2n) is 6.83. The summed E-state index contributed by atoms with van der Waals surface area (Å²) in [5.74, 6) is -3.47. The molecule has 7 N–H and O–H groups in total. The number of hydrogen-bond acceptors (Lipinski definition) is 8. The monoisotopic (exact) mass is 412 g/mol. The zero-order valence-electron chi connectivity index (χ0n) is 15.6. The summed E-state index contributed by atoms with van der Waals surface area (Å²) in [6.07, 6.45) is -3.38. The van der Waals surface area contributed by atoms with Crippen LogP contribution in [-0.4, -0.2) is 68.9 Å². The molecule has 0 aromatic heterocycles. The summed E-state index contributed by atoms with van der Waals surface area (Å²) in [6.45, 7) is 1.42. The summed E-state index contributed by atoms with van der Waals surface area (Å²) >= 11 is 0. The number of phenols is 1. The number of aliphatic carboxylic acids is 2. The first-order valence-corrected chi connectivity index (χ1v) is 8.90. The largest absolute Gasteiger partial charge is 0.504 e. The zero-order chi connectivity index (χ0) is 21.7. The van der Waals surface area contributed by atoms with Gasteiger partial charge in [-0.1, -0.05) is 6.07 Å². The lowest BCUT2D eigenvalue weighted by atomic mass is 10.0. The molecule has 0 saturated carbocycles. The van der Waals surface area contributed by atoms with Crippen LogP contribution >= 0.6 is 0 Å². The second kappa shape index (κ2) is 9.54. The van der Waals surface area contributed by atoms with Gasteiger partial charge >= 0.3 is 11.9 Å². The van der Waals surface area contributed by atoms with Crippen LogP contribution in [0, 0.1) is 0 Å². The van der Waals surface area contributed by atoms with Crippen LogP contribution in [0.25, 0.3) is 0 Å². The van der Waals surface area contributed by atoms with Crippen molar-refractivity contribution in [1.29, 1.82) is 0 Å². The van der Waals surface area contributed by atoms with E-state index in [2.05, 4.69) is 5.32 Å². The number of carbonyl (C=O) groups excluding carboxylic acids is 1. The summed E-state index contributed by atoms with van der Waals surface area (Å²) in [5, 5.41) is 40.5. The Balaban J connectivity index is 2.06. The number of phenolic OH excluding ortho intramolecular Hbond substituents is 1. The molecule has 0 spiro atoms. The quantitative estimate of drug-likeness (QED) is 0.315. The Morgan fingerprint density at radius 3 is 2.55 bits per heavy atom. The lowest BCUT2D eigenvalue weighted by Gasteiger charge is -2.31. The SMILES string of the molecule is C[C@H](N)C(=O)N[C@@H](Cc1ccc(OC2C[C@@H](O)C[C@@H](C(=O)O)O2)c(O)c1)C(=O)O. The molecule has 1 aliphatic rings. The van der Waals surface area contributed by atoms with E-state index in [4.69, 9.17) is 20.3 Å². The minimum atomic E-state index is -1.26. The Hall–Kier alpha value is -2.89. The van der Waals surface area contributed by atoms with Crippen molar-refractivity contribution in [3.8, 4) is 11.5 Å². The molecule has 11 nitrogen and oxygen atoms in total. The van der Waals surface area contributed by atoms with Gasteiger partial charge in [0.2, 0.25) is 12.2 Å². The van der Waals surface area contributed by atoms with Gasteiger partial charge < -0.3 is 41.0 Å². The number of ether oxygens (including phenoxy) is 2. The average Bonchev–Trinajstić information content (AvgIpc) is 2.62. The van der Waals surface area contributed by atoms with Crippen LogP contribution in [0.5, 0.6) is 11.5 Å². The van der Waals surface area contributed by atoms with E-state index >= 15 is 0 Å². The zero-order valence-corrected chi connectivity index (χ0v) is 15.6. The van der Waals surface area contributed by atoms with Gasteiger partial charge in [0, 0.05) is 19.3 Å². The molecular weight excluding hydrogens is 388 g/mol. The number of nitrogens with one attached hydrogen (secondary N) is 1. The van der Waals surface area contributed by atoms with Crippen LogP contribution in [0.4, 0.5) is 0 Å². The Kier molecular flexibility index (Phi) is 7.37. The lowest BCUT2D eigenvalue weighted by molar-refractivity contribution is -0.195. The van der Waals surface area contributed by atoms with Crippen molar-refractivity contribution in [2.75, 3.05) is 0 Å². The number of benzene rings is 1. The maximum Gasteiger partial charge on any atom is 0.333 e. The van der Waals surface area contributed by atoms with Crippen molar-refractivity contribution >= 4 is 17.8 Å². The number of nitrogens with two attached hydrogens (primary N) is 1. The number of carbonyl (C=O) groups is 3. The van der Waals surface area contributed by atoms with E-state index in [1.54, 1.807) is 0 Å². The molecular formula is C18H24N2O9. The fourth-order valence-corrected chi connectivity index (χ4v) is 2.76. The third kappa shape index (κ3) is 6.31. The van der Waals surface area contributed by atoms with Crippen LogP contribution in [0.15, 0.2) is 18.2 Å². The molecule has 0 aliphatic carbocycles. The van der Waals surface area contributed by atoms with E-state index in [0.717, 1.165) is 0 Å². The summed E-state index contributed by atoms with van der Waals surface area (Å²) < 4.78 is 10.7. The first-order valence-electron chi connectivity index (χ1n) is 8.90. The fraction of sp³-hybridized carbons (Fsp3) is 0.500. The number of carboxylic acid groups (broad SMARTS) is 2. The topological polar surface area (TPSA) is 189 Å². The molecule has 0 radical (unpaired) electrons. The number of aliphatic hydroxyl groups is 1. The number of aliphatic hydroxyl groups excluding tert-OH is 1. The van der Waals surface area contributed by atoms with Gasteiger partial charge in [0.15, 0.2) is 17.6 Å². The van der Waals surface area contributed by atoms with E-state index in [9.17, 15) is 29.7 Å². The molecule has 1 aliphatic heterocycles. The van der Waals surface area contributed by atoms with Gasteiger partial charge in [0.05, 0.1) is 12.1 Å². The standard InChI is InChI=1S/C18H24N2O9/c1-8(19)16(23)20-11(17(24)25)4-9-2-3-13(12(22)5-9)28-15-7-10(21)6-14(29-15)18(26)27/h2-3,5,8,10-11,14-15,21-22H,4,6-7,19H2,1H3,(H,20,23)(H,24,25)(H,26,27)/t8-,10-,11-,14-,15?/m0/s1. The third-order valence-corrected chi connectivity index (χ3v) is 4.29. The summed E-state index contributed by atoms with van der Waals surface area (Å²) in [6, 6.07) is 1.99. The van der Waals surface area contributed by atoms with E-state index < -0.39 is 48.4 Å². The molecule has 29 heavy (non-hydrogen) atoms. The molecule has 1 heterocycles. The Labute approximate surface area is 166 Å². The minimum Gasteiger partial charge on any atom is -0.504 e. The van der Waals surface area contributed by atoms with Crippen molar-refractivity contribution in [1.82, 2.24) is 5.32 Å². The van der Waals surface area contributed by atoms with Crippen LogP contribution in [0.3, 0.4) is 0 Å². The minimum absolute atomic E-state index is 0.0232. The Morgan fingerprint density at radius 1 is 1.31 bits per heavy atom. The van der Waals surface area contributed by atoms with Crippen LogP contribution in [0.1, 0.15) is 25.3 Å². The maximum absolute atomic E-state index is 11.6. The molecule has 1 aromatic carbocycles. The lowest BCUT2D eigenvalue weighted by Crippen LogP contribution is -2.48. The average molecular weight is 412 g/mol. The molecule has 5 atom stereocenters. The summed E-state index contributed by atoms with van der Waals surface area (Å²) in [7, 11) is 0. The highest BCUT2D eigenvalue weighted by atomic mass is 16.7. The number of hydrogen-bond donors (Lipinski definition) is 6. The highest BCUT2D eigenvalue weighted by Gasteiger charge is 2.34. The fourth-order valence-electron chi connectivity index (χ4n) is 2.76. The van der Waals surface area contributed by atoms with Gasteiger partial charge in [-0.05, 0) is 24.6 Å². The smallest absolute Gasteiger partial charge is 0.333 e. The number of carboxylic acids is 2. The number of aromatic hydroxyl groups is 1. The Morgan fingerprint density at radius 2 is 2.00 bits per heavy atom. The molecule has 1 saturated heterocycles. The van der Waals surface area contributed by atoms with Crippen LogP contribution < -0.4 is 15.8 Å². The van der Waals surface area contributed by atoms with Crippen LogP contribution in [0.2, 0.25) is 0 Å². The molecule has 160 valence electrons. The number of rotatable bonds is 8. The highest BCUT2D eigenvalue weighted by Crippen LogP contribution is 2.31. The number of amides is 1. The molecule has 2 rings (SSSR count). The summed E-state index contributed by atoms with van der Waals surface area (Å²) in [5.41, 5.74) is 5.82. The molecule has 1 amide bonds. The highest BCUT2D eigenvalue weighted by molar-refractivity contribution is 5.86. The van der Waals surface area contributed by atoms with Gasteiger partial charge in [0.25, 0.3) is 0 Å². The van der Waals surface area contributed by atoms with Gasteiger partial charge in [-0.3, -0.25) is 4.79 Å². The molecule has 11 heteroatoms. The van der Waals surface area contributed by atoms with E-state index in [1.807, 2.05) is 0 Å². The first kappa shape index (κ1) is 22.4. The predicted octanol–water partition coefficient (Wildman–Crippen LogP) is -0.819. The van der Waals surface area contributed by atoms with Crippen molar-refractivity contribution < 1.29 is 44.3 Å². The normalized spacial score (nSPS) is 23.6. The van der Waals surface area contributed by atoms with E-state index in [1.165, 1.54) is 25.1 Å². The Bertz CT molecular complexity index is 768. The first-order chi connectivity index (χ1) is 13.6. The van der Waals surface area contributed by atoms with Gasteiger partial charge in [0.1, 0.15) is 6.04 Å². The van der Waals surface area contributed by atoms with Gasteiger partial charge in [-0.2, -0.15) is 0 Å². The van der Waals surface area contributed by atoms with E-state index in [0.29, 0.717) is 5.56 Å². The summed E-state index contributed by atoms with van der Waals surface area (Å²) in [4.78, 5) is 34.1. The third-order valence-electron chi connectivity index (χ3n) is 4.29. The van der Waals surface area contributed by atoms with Gasteiger partial charge in [-0.15, -0.1) is 0 Å². The van der Waals surface area contributed by atoms with Crippen LogP contribution in [-0.2, 0) is 25.5 Å². The van der Waals surface area contributed by atoms with Crippen molar-refractivity contribution in [2.24, 2.45) is 5.73 Å². The molecule has 0 bridgehead atoms. The maximum atomic E-state index is 11.6. The van der Waals surface area contributed by atoms with Crippen molar-refractivity contribution in [3.63, 3.8) is 0 Å². The predicted molar refractivity (Wildman–Crippen MR) is 97.2 cm³/mol. The van der Waals surface area contributed by atoms with E-state index in [-0.39, 0.29) is 30.8 Å². The van der Waals surface area contributed by atoms with Gasteiger partial charge in [-0.25, -0.2) is 9.59 Å².